The van der Waals surface area contributed by atoms with E-state index in [1.54, 1.807) is 10.2 Å². The number of hydrogen-bond donors (Lipinski definition) is 2. The van der Waals surface area contributed by atoms with Gasteiger partial charge in [0.15, 0.2) is 0 Å². The zero-order chi connectivity index (χ0) is 21.9. The zero-order valence-electron chi connectivity index (χ0n) is 16.8. The highest BCUT2D eigenvalue weighted by Gasteiger charge is 2.29. The SMILES string of the molecule is CN(C)c1ccc(C(=O)N2CCC(c3cc(C(=O)NCC(F)(F)F)n[nH]3)CC2)cc1. The predicted octanol–water partition coefficient (Wildman–Crippen LogP) is 2.79. The molecule has 0 unspecified atom stereocenters. The van der Waals surface area contributed by atoms with Crippen molar-refractivity contribution >= 4 is 17.5 Å². The van der Waals surface area contributed by atoms with Crippen molar-refractivity contribution in [1.29, 1.82) is 0 Å². The van der Waals surface area contributed by atoms with E-state index in [-0.39, 0.29) is 17.5 Å². The molecule has 7 nitrogen and oxygen atoms in total. The average Bonchev–Trinajstić information content (AvgIpc) is 3.21. The number of amides is 2. The highest BCUT2D eigenvalue weighted by atomic mass is 19.4. The molecular formula is C20H24F3N5O2. The Bertz CT molecular complexity index is 885. The lowest BCUT2D eigenvalue weighted by molar-refractivity contribution is -0.123. The van der Waals surface area contributed by atoms with Crippen molar-refractivity contribution in [3.05, 3.63) is 47.3 Å². The van der Waals surface area contributed by atoms with Gasteiger partial charge in [0.25, 0.3) is 11.8 Å². The molecule has 2 N–H and O–H groups in total. The summed E-state index contributed by atoms with van der Waals surface area (Å²) in [5.41, 5.74) is 2.26. The van der Waals surface area contributed by atoms with Gasteiger partial charge in [-0.25, -0.2) is 0 Å². The Hall–Kier alpha value is -3.04. The van der Waals surface area contributed by atoms with Crippen LogP contribution in [0.3, 0.4) is 0 Å². The topological polar surface area (TPSA) is 81.3 Å². The summed E-state index contributed by atoms with van der Waals surface area (Å²) in [7, 11) is 3.87. The quantitative estimate of drug-likeness (QED) is 0.775. The van der Waals surface area contributed by atoms with Crippen LogP contribution >= 0.6 is 0 Å². The number of nitrogens with zero attached hydrogens (tertiary/aromatic N) is 3. The van der Waals surface area contributed by atoms with Gasteiger partial charge in [0, 0.05) is 50.0 Å². The van der Waals surface area contributed by atoms with Crippen LogP contribution in [-0.2, 0) is 0 Å². The van der Waals surface area contributed by atoms with Crippen LogP contribution in [0.1, 0.15) is 45.3 Å². The fourth-order valence-corrected chi connectivity index (χ4v) is 3.41. The predicted molar refractivity (Wildman–Crippen MR) is 106 cm³/mol. The Morgan fingerprint density at radius 1 is 1.20 bits per heavy atom. The lowest BCUT2D eigenvalue weighted by Gasteiger charge is -2.31. The number of benzene rings is 1. The molecule has 2 amide bonds. The molecule has 0 atom stereocenters. The third kappa shape index (κ3) is 5.31. The summed E-state index contributed by atoms with van der Waals surface area (Å²) in [6, 6.07) is 8.90. The normalized spacial score (nSPS) is 15.2. The number of anilines is 1. The molecule has 1 aliphatic rings. The Morgan fingerprint density at radius 3 is 2.40 bits per heavy atom. The monoisotopic (exact) mass is 423 g/mol. The summed E-state index contributed by atoms with van der Waals surface area (Å²) in [6.45, 7) is -0.300. The first-order valence-electron chi connectivity index (χ1n) is 9.61. The number of halogens is 3. The van der Waals surface area contributed by atoms with Gasteiger partial charge in [-0.1, -0.05) is 0 Å². The lowest BCUT2D eigenvalue weighted by Crippen LogP contribution is -2.38. The summed E-state index contributed by atoms with van der Waals surface area (Å²) in [6.07, 6.45) is -3.12. The first-order chi connectivity index (χ1) is 14.1. The molecule has 1 saturated heterocycles. The number of nitrogens with one attached hydrogen (secondary N) is 2. The van der Waals surface area contributed by atoms with Crippen molar-refractivity contribution in [2.24, 2.45) is 0 Å². The van der Waals surface area contributed by atoms with E-state index in [9.17, 15) is 22.8 Å². The van der Waals surface area contributed by atoms with Gasteiger partial charge >= 0.3 is 6.18 Å². The molecule has 30 heavy (non-hydrogen) atoms. The molecule has 2 heterocycles. The van der Waals surface area contributed by atoms with E-state index < -0.39 is 18.6 Å². The number of alkyl halides is 3. The summed E-state index contributed by atoms with van der Waals surface area (Å²) < 4.78 is 36.7. The number of rotatable bonds is 5. The first-order valence-corrected chi connectivity index (χ1v) is 9.61. The van der Waals surface area contributed by atoms with Gasteiger partial charge in [0.05, 0.1) is 0 Å². The van der Waals surface area contributed by atoms with E-state index in [4.69, 9.17) is 0 Å². The Balaban J connectivity index is 1.55. The molecular weight excluding hydrogens is 399 g/mol. The number of hydrogen-bond acceptors (Lipinski definition) is 4. The molecule has 10 heteroatoms. The van der Waals surface area contributed by atoms with Crippen molar-refractivity contribution in [2.75, 3.05) is 38.6 Å². The number of carbonyl (C=O) groups is 2. The summed E-state index contributed by atoms with van der Waals surface area (Å²) in [5, 5.41) is 8.38. The number of aromatic amines is 1. The molecule has 0 saturated carbocycles. The van der Waals surface area contributed by atoms with Crippen LogP contribution in [-0.4, -0.2) is 66.8 Å². The van der Waals surface area contributed by atoms with Crippen LogP contribution in [0.4, 0.5) is 18.9 Å². The molecule has 0 spiro atoms. The van der Waals surface area contributed by atoms with Gasteiger partial charge in [-0.05, 0) is 43.2 Å². The van der Waals surface area contributed by atoms with E-state index in [1.165, 1.54) is 6.07 Å². The van der Waals surface area contributed by atoms with E-state index in [1.807, 2.05) is 43.3 Å². The van der Waals surface area contributed by atoms with Gasteiger partial charge in [0.2, 0.25) is 0 Å². The fraction of sp³-hybridized carbons (Fsp3) is 0.450. The van der Waals surface area contributed by atoms with E-state index in [0.717, 1.165) is 5.69 Å². The standard InChI is InChI=1S/C20H24F3N5O2/c1-27(2)15-5-3-14(4-6-15)19(30)28-9-7-13(8-10-28)16-11-17(26-25-16)18(29)24-12-20(21,22)23/h3-6,11,13H,7-10,12H2,1-2H3,(H,24,29)(H,25,26). The van der Waals surface area contributed by atoms with Crippen molar-refractivity contribution in [3.8, 4) is 0 Å². The first kappa shape index (κ1) is 21.7. The van der Waals surface area contributed by atoms with Crippen molar-refractivity contribution < 1.29 is 22.8 Å². The van der Waals surface area contributed by atoms with E-state index >= 15 is 0 Å². The Kier molecular flexibility index (Phi) is 6.33. The van der Waals surface area contributed by atoms with Crippen molar-refractivity contribution in [2.45, 2.75) is 24.9 Å². The van der Waals surface area contributed by atoms with E-state index in [0.29, 0.717) is 37.2 Å². The van der Waals surface area contributed by atoms with Gasteiger partial charge in [-0.15, -0.1) is 0 Å². The summed E-state index contributed by atoms with van der Waals surface area (Å²) in [4.78, 5) is 28.3. The second-order valence-corrected chi connectivity index (χ2v) is 7.51. The van der Waals surface area contributed by atoms with Crippen LogP contribution in [0.2, 0.25) is 0 Å². The van der Waals surface area contributed by atoms with Crippen LogP contribution in [0, 0.1) is 0 Å². The van der Waals surface area contributed by atoms with Gasteiger partial charge in [-0.2, -0.15) is 18.3 Å². The average molecular weight is 423 g/mol. The third-order valence-corrected chi connectivity index (χ3v) is 5.13. The molecule has 1 aromatic carbocycles. The fourth-order valence-electron chi connectivity index (χ4n) is 3.41. The molecule has 0 radical (unpaired) electrons. The maximum Gasteiger partial charge on any atom is 0.405 e. The maximum absolute atomic E-state index is 12.7. The Morgan fingerprint density at radius 2 is 1.83 bits per heavy atom. The number of likely N-dealkylation sites (tertiary alicyclic amines) is 1. The smallest absolute Gasteiger partial charge is 0.378 e. The molecule has 3 rings (SSSR count). The minimum atomic E-state index is -4.47. The maximum atomic E-state index is 12.7. The summed E-state index contributed by atoms with van der Waals surface area (Å²) >= 11 is 0. The number of aromatic nitrogens is 2. The molecule has 0 bridgehead atoms. The number of carbonyl (C=O) groups excluding carboxylic acids is 2. The van der Waals surface area contributed by atoms with Crippen LogP contribution in [0.5, 0.6) is 0 Å². The van der Waals surface area contributed by atoms with Crippen LogP contribution in [0.15, 0.2) is 30.3 Å². The molecule has 1 fully saturated rings. The third-order valence-electron chi connectivity index (χ3n) is 5.13. The molecule has 0 aliphatic carbocycles. The van der Waals surface area contributed by atoms with Crippen molar-refractivity contribution in [3.63, 3.8) is 0 Å². The molecule has 162 valence electrons. The second-order valence-electron chi connectivity index (χ2n) is 7.51. The minimum Gasteiger partial charge on any atom is -0.378 e. The molecule has 1 aliphatic heterocycles. The van der Waals surface area contributed by atoms with Crippen molar-refractivity contribution in [1.82, 2.24) is 20.4 Å². The Labute approximate surface area is 172 Å². The highest BCUT2D eigenvalue weighted by molar-refractivity contribution is 5.94. The van der Waals surface area contributed by atoms with Gasteiger partial charge < -0.3 is 15.1 Å². The van der Waals surface area contributed by atoms with Gasteiger partial charge in [0.1, 0.15) is 12.2 Å². The highest BCUT2D eigenvalue weighted by Crippen LogP contribution is 2.28. The largest absolute Gasteiger partial charge is 0.405 e. The minimum absolute atomic E-state index is 0.0319. The number of piperidine rings is 1. The van der Waals surface area contributed by atoms with Gasteiger partial charge in [-0.3, -0.25) is 14.7 Å². The molecule has 1 aromatic heterocycles. The summed E-state index contributed by atoms with van der Waals surface area (Å²) in [5.74, 6) is -0.846. The molecule has 2 aromatic rings. The lowest BCUT2D eigenvalue weighted by atomic mass is 9.93. The van der Waals surface area contributed by atoms with Crippen LogP contribution < -0.4 is 10.2 Å². The van der Waals surface area contributed by atoms with E-state index in [2.05, 4.69) is 10.2 Å². The van der Waals surface area contributed by atoms with Crippen LogP contribution in [0.25, 0.3) is 0 Å². The number of H-pyrrole nitrogens is 1. The zero-order valence-corrected chi connectivity index (χ0v) is 16.8. The second kappa shape index (κ2) is 8.76.